The molecule has 6 nitrogen and oxygen atoms in total. The van der Waals surface area contributed by atoms with Gasteiger partial charge in [0.15, 0.2) is 5.13 Å². The van der Waals surface area contributed by atoms with Crippen LogP contribution in [0.25, 0.3) is 11.3 Å². The van der Waals surface area contributed by atoms with Crippen molar-refractivity contribution in [2.45, 2.75) is 6.04 Å². The Labute approximate surface area is 179 Å². The number of amides is 2. The molecular weight excluding hydrogens is 422 g/mol. The first-order chi connectivity index (χ1) is 14.1. The van der Waals surface area contributed by atoms with Crippen LogP contribution in [0.5, 0.6) is 5.75 Å². The van der Waals surface area contributed by atoms with Crippen LogP contribution < -0.4 is 10.3 Å². The Hall–Kier alpha value is -2.62. The first-order valence-electron chi connectivity index (χ1n) is 8.85. The monoisotopic (exact) mass is 442 g/mol. The molecule has 1 heterocycles. The summed E-state index contributed by atoms with van der Waals surface area (Å²) in [6, 6.07) is 16.6. The van der Waals surface area contributed by atoms with E-state index in [0.717, 1.165) is 17.0 Å². The van der Waals surface area contributed by atoms with Crippen LogP contribution in [0, 0.1) is 0 Å². The standard InChI is InChI=1S/C20H20N3O3S2Si/c1-27-11-12-29(23-18(25)15-9-5-6-10-17(15)24)20(26)22-19-21-16(13-28-19)14-7-3-2-4-8-14/h2-10,13,24H,11-12H2,1H3,(H,23,25)(H,21,22,26). The number of carbonyl (C=O) groups excluding carboxylic acids is 2. The molecule has 2 amide bonds. The summed E-state index contributed by atoms with van der Waals surface area (Å²) in [5, 5.41) is 15.1. The number of rotatable bonds is 8. The number of phenolic OH excluding ortho intramolecular Hbond substituents is 1. The van der Waals surface area contributed by atoms with E-state index in [1.54, 1.807) is 23.9 Å². The van der Waals surface area contributed by atoms with Crippen molar-refractivity contribution in [2.75, 3.05) is 17.3 Å². The van der Waals surface area contributed by atoms with E-state index in [-0.39, 0.29) is 16.8 Å². The number of thioether (sulfide) groups is 1. The second-order valence-corrected chi connectivity index (χ2v) is 10.1. The number of nitrogens with one attached hydrogen (secondary N) is 2. The van der Waals surface area contributed by atoms with E-state index in [2.05, 4.69) is 15.3 Å². The van der Waals surface area contributed by atoms with Crippen molar-refractivity contribution in [1.29, 1.82) is 0 Å². The number of benzene rings is 2. The molecule has 1 radical (unpaired) electrons. The Balaban J connectivity index is 1.70. The second kappa shape index (κ2) is 10.2. The predicted molar refractivity (Wildman–Crippen MR) is 121 cm³/mol. The van der Waals surface area contributed by atoms with Crippen LogP contribution in [0.4, 0.5) is 9.93 Å². The third kappa shape index (κ3) is 5.69. The number of para-hydroxylation sites is 1. The molecule has 9 heteroatoms. The Kier molecular flexibility index (Phi) is 7.45. The summed E-state index contributed by atoms with van der Waals surface area (Å²) in [7, 11) is -1.91. The van der Waals surface area contributed by atoms with Gasteiger partial charge in [-0.25, -0.2) is 4.98 Å². The van der Waals surface area contributed by atoms with E-state index in [1.807, 2.05) is 42.0 Å². The normalized spacial score (nSPS) is 10.7. The molecule has 3 N–H and O–H groups in total. The van der Waals surface area contributed by atoms with Crippen LogP contribution in [0.15, 0.2) is 60.0 Å². The molecule has 0 spiro atoms. The second-order valence-electron chi connectivity index (χ2n) is 6.05. The molecule has 0 saturated heterocycles. The van der Waals surface area contributed by atoms with Gasteiger partial charge in [-0.3, -0.25) is 9.59 Å². The number of thiazole rings is 1. The fourth-order valence-electron chi connectivity index (χ4n) is 2.55. The van der Waals surface area contributed by atoms with Gasteiger partial charge in [-0.2, -0.15) is 11.8 Å². The summed E-state index contributed by atoms with van der Waals surface area (Å²) in [6.07, 6.45) is 1.95. The Morgan fingerprint density at radius 2 is 1.86 bits per heavy atom. The summed E-state index contributed by atoms with van der Waals surface area (Å²) in [5.74, 6) is 0.192. The minimum absolute atomic E-state index is 0.107. The lowest BCUT2D eigenvalue weighted by Crippen LogP contribution is -2.47. The average molecular weight is 443 g/mol. The smallest absolute Gasteiger partial charge is 0.282 e. The van der Waals surface area contributed by atoms with Crippen LogP contribution in [-0.2, 0) is 0 Å². The van der Waals surface area contributed by atoms with Gasteiger partial charge in [-0.1, -0.05) is 42.5 Å². The number of phenols is 1. The number of nitrogens with zero attached hydrogens (tertiary/aromatic N) is 1. The molecule has 0 fully saturated rings. The van der Waals surface area contributed by atoms with E-state index in [4.69, 9.17) is 0 Å². The third-order valence-corrected chi connectivity index (χ3v) is 7.72. The lowest BCUT2D eigenvalue weighted by Gasteiger charge is -2.15. The largest absolute Gasteiger partial charge is 0.507 e. The summed E-state index contributed by atoms with van der Waals surface area (Å²) in [5.41, 5.74) is 1.70. The van der Waals surface area contributed by atoms with E-state index in [1.165, 1.54) is 23.5 Å². The molecule has 3 rings (SSSR count). The highest BCUT2D eigenvalue weighted by Gasteiger charge is 2.26. The van der Waals surface area contributed by atoms with Crippen LogP contribution in [0.1, 0.15) is 10.4 Å². The van der Waals surface area contributed by atoms with Gasteiger partial charge in [0.1, 0.15) is 5.75 Å². The van der Waals surface area contributed by atoms with Crippen molar-refractivity contribution in [3.05, 3.63) is 65.5 Å². The lowest BCUT2D eigenvalue weighted by molar-refractivity contribution is 0.0976. The highest BCUT2D eigenvalue weighted by atomic mass is 32.2. The number of carbonyl (C=O) groups is 2. The molecule has 0 saturated carbocycles. The molecule has 0 aliphatic heterocycles. The molecule has 29 heavy (non-hydrogen) atoms. The first kappa shape index (κ1) is 21.1. The van der Waals surface area contributed by atoms with Crippen LogP contribution in [0.3, 0.4) is 0 Å². The highest BCUT2D eigenvalue weighted by molar-refractivity contribution is 7.98. The molecule has 0 bridgehead atoms. The summed E-state index contributed by atoms with van der Waals surface area (Å²) in [4.78, 5) is 32.7. The van der Waals surface area contributed by atoms with Gasteiger partial charge >= 0.3 is 0 Å². The Morgan fingerprint density at radius 1 is 1.14 bits per heavy atom. The van der Waals surface area contributed by atoms with Gasteiger partial charge in [-0.15, -0.1) is 11.3 Å². The molecule has 3 aromatic rings. The predicted octanol–water partition coefficient (Wildman–Crippen LogP) is 4.41. The molecule has 1 aromatic heterocycles. The van der Waals surface area contributed by atoms with Crippen molar-refractivity contribution in [1.82, 2.24) is 9.97 Å². The minimum Gasteiger partial charge on any atom is -0.507 e. The summed E-state index contributed by atoms with van der Waals surface area (Å²) < 4.78 is 0. The number of aromatic hydroxyl groups is 1. The average Bonchev–Trinajstić information content (AvgIpc) is 3.20. The molecule has 0 atom stereocenters. The fraction of sp³-hybridized carbons (Fsp3) is 0.150. The van der Waals surface area contributed by atoms with Crippen molar-refractivity contribution >= 4 is 48.6 Å². The maximum absolute atomic E-state index is 12.8. The molecule has 0 aliphatic carbocycles. The molecular formula is C20H20N3O3S2Si. The number of anilines is 1. The van der Waals surface area contributed by atoms with Crippen LogP contribution in [-0.4, -0.2) is 42.5 Å². The van der Waals surface area contributed by atoms with Crippen molar-refractivity contribution in [2.24, 2.45) is 0 Å². The van der Waals surface area contributed by atoms with Crippen molar-refractivity contribution < 1.29 is 14.7 Å². The minimum atomic E-state index is -1.91. The van der Waals surface area contributed by atoms with Crippen molar-refractivity contribution in [3.63, 3.8) is 0 Å². The quantitative estimate of drug-likeness (QED) is 0.449. The van der Waals surface area contributed by atoms with Crippen LogP contribution in [0.2, 0.25) is 6.04 Å². The van der Waals surface area contributed by atoms with E-state index < -0.39 is 14.9 Å². The number of aromatic nitrogens is 1. The van der Waals surface area contributed by atoms with E-state index in [9.17, 15) is 14.7 Å². The summed E-state index contributed by atoms with van der Waals surface area (Å²) in [6.45, 7) is 0. The Morgan fingerprint density at radius 3 is 2.59 bits per heavy atom. The molecule has 0 unspecified atom stereocenters. The summed E-state index contributed by atoms with van der Waals surface area (Å²) >= 11 is 2.96. The molecule has 149 valence electrons. The number of hydrogen-bond acceptors (Lipinski definition) is 6. The maximum Gasteiger partial charge on any atom is 0.282 e. The van der Waals surface area contributed by atoms with Crippen molar-refractivity contribution in [3.8, 4) is 17.0 Å². The zero-order valence-electron chi connectivity index (χ0n) is 15.7. The topological polar surface area (TPSA) is 91.3 Å². The van der Waals surface area contributed by atoms with Crippen LogP contribution >= 0.6 is 23.1 Å². The van der Waals surface area contributed by atoms with Gasteiger partial charge in [0.25, 0.3) is 8.96 Å². The van der Waals surface area contributed by atoms with Gasteiger partial charge in [0.05, 0.1) is 11.3 Å². The van der Waals surface area contributed by atoms with E-state index in [0.29, 0.717) is 11.2 Å². The number of hydrogen-bond donors (Lipinski definition) is 3. The van der Waals surface area contributed by atoms with Gasteiger partial charge in [0, 0.05) is 10.9 Å². The van der Waals surface area contributed by atoms with Gasteiger partial charge in [0.2, 0.25) is 11.4 Å². The molecule has 0 aliphatic rings. The third-order valence-electron chi connectivity index (χ3n) is 4.04. The van der Waals surface area contributed by atoms with Gasteiger partial charge < -0.3 is 15.4 Å². The fourth-order valence-corrected chi connectivity index (χ4v) is 6.13. The lowest BCUT2D eigenvalue weighted by atomic mass is 10.2. The zero-order chi connectivity index (χ0) is 20.6. The SMILES string of the molecule is CSCC[Si](NC(=O)c1ccccc1O)C(=O)Nc1nc(-c2ccccc2)cs1. The highest BCUT2D eigenvalue weighted by Crippen LogP contribution is 2.25. The van der Waals surface area contributed by atoms with Gasteiger partial charge in [-0.05, 0) is 30.2 Å². The first-order valence-corrected chi connectivity index (χ1v) is 12.8. The Bertz CT molecular complexity index is 982. The molecule has 2 aromatic carbocycles. The maximum atomic E-state index is 12.8. The van der Waals surface area contributed by atoms with E-state index >= 15 is 0 Å². The zero-order valence-corrected chi connectivity index (χ0v) is 18.3.